The minimum atomic E-state index is -1.00. The van der Waals surface area contributed by atoms with Crippen molar-refractivity contribution in [1.82, 2.24) is 35.3 Å². The first kappa shape index (κ1) is 22.0. The van der Waals surface area contributed by atoms with Gasteiger partial charge < -0.3 is 5.32 Å². The van der Waals surface area contributed by atoms with Gasteiger partial charge >= 0.3 is 6.03 Å². The number of carbonyl (C=O) groups excluding carboxylic acids is 3. The summed E-state index contributed by atoms with van der Waals surface area (Å²) in [7, 11) is 0. The first-order valence-corrected chi connectivity index (χ1v) is 11.0. The van der Waals surface area contributed by atoms with E-state index in [4.69, 9.17) is 0 Å². The Morgan fingerprint density at radius 3 is 2.60 bits per heavy atom. The summed E-state index contributed by atoms with van der Waals surface area (Å²) >= 11 is 1.12. The number of hydrogen-bond donors (Lipinski definition) is 2. The van der Waals surface area contributed by atoms with Gasteiger partial charge in [-0.1, -0.05) is 32.0 Å². The van der Waals surface area contributed by atoms with Crippen molar-refractivity contribution in [3.05, 3.63) is 17.0 Å². The highest BCUT2D eigenvalue weighted by atomic mass is 32.2. The molecule has 2 aromatic heterocycles. The third-order valence-electron chi connectivity index (χ3n) is 5.35. The van der Waals surface area contributed by atoms with E-state index in [-0.39, 0.29) is 5.75 Å². The number of aromatic nitrogens is 4. The molecule has 30 heavy (non-hydrogen) atoms. The highest BCUT2D eigenvalue weighted by Gasteiger charge is 2.47. The summed E-state index contributed by atoms with van der Waals surface area (Å²) in [5.41, 5.74) is 4.45. The fourth-order valence-corrected chi connectivity index (χ4v) is 3.89. The van der Waals surface area contributed by atoms with E-state index in [0.29, 0.717) is 17.4 Å². The van der Waals surface area contributed by atoms with Gasteiger partial charge in [0.15, 0.2) is 0 Å². The topological polar surface area (TPSA) is 122 Å². The van der Waals surface area contributed by atoms with Gasteiger partial charge in [-0.2, -0.15) is 9.99 Å². The lowest BCUT2D eigenvalue weighted by molar-refractivity contribution is -0.137. The second kappa shape index (κ2) is 8.58. The van der Waals surface area contributed by atoms with Gasteiger partial charge in [0, 0.05) is 11.4 Å². The third-order valence-corrected chi connectivity index (χ3v) is 6.18. The normalized spacial score (nSPS) is 18.9. The van der Waals surface area contributed by atoms with Crippen molar-refractivity contribution in [3.63, 3.8) is 0 Å². The van der Waals surface area contributed by atoms with E-state index in [1.54, 1.807) is 18.4 Å². The summed E-state index contributed by atoms with van der Waals surface area (Å²) < 4.78 is 1.70. The lowest BCUT2D eigenvalue weighted by atomic mass is 10.00. The molecule has 0 radical (unpaired) electrons. The van der Waals surface area contributed by atoms with E-state index in [0.717, 1.165) is 47.4 Å². The Balaban J connectivity index is 1.67. The molecule has 1 atom stereocenters. The van der Waals surface area contributed by atoms with Crippen molar-refractivity contribution in [3.8, 4) is 0 Å². The molecule has 3 heterocycles. The van der Waals surface area contributed by atoms with Gasteiger partial charge in [-0.05, 0) is 45.6 Å². The van der Waals surface area contributed by atoms with E-state index in [1.165, 1.54) is 5.56 Å². The van der Waals surface area contributed by atoms with Gasteiger partial charge in [-0.3, -0.25) is 15.0 Å². The van der Waals surface area contributed by atoms with E-state index in [9.17, 15) is 14.4 Å². The number of nitrogens with zero attached hydrogens (tertiary/aromatic N) is 5. The zero-order valence-corrected chi connectivity index (χ0v) is 18.7. The zero-order chi connectivity index (χ0) is 22.1. The van der Waals surface area contributed by atoms with Crippen LogP contribution in [0.5, 0.6) is 0 Å². The Hall–Kier alpha value is -2.69. The summed E-state index contributed by atoms with van der Waals surface area (Å²) in [6.07, 6.45) is 3.53. The molecule has 0 bridgehead atoms. The zero-order valence-electron chi connectivity index (χ0n) is 17.9. The summed E-state index contributed by atoms with van der Waals surface area (Å²) in [6, 6.07) is -0.636. The van der Waals surface area contributed by atoms with Crippen LogP contribution in [0.15, 0.2) is 5.16 Å². The fourth-order valence-electron chi connectivity index (χ4n) is 3.28. The molecule has 3 rings (SSSR count). The molecule has 11 heteroatoms. The summed E-state index contributed by atoms with van der Waals surface area (Å²) in [6.45, 7) is 9.52. The van der Waals surface area contributed by atoms with Gasteiger partial charge in [0.05, 0.1) is 5.75 Å². The molecule has 0 saturated carbocycles. The lowest BCUT2D eigenvalue weighted by Gasteiger charge is -2.19. The number of rotatable bonds is 8. The highest BCUT2D eigenvalue weighted by molar-refractivity contribution is 7.99. The van der Waals surface area contributed by atoms with Crippen LogP contribution in [0.4, 0.5) is 4.79 Å². The smallest absolute Gasteiger partial charge is 0.322 e. The number of fused-ring (bicyclic) bond motifs is 1. The minimum absolute atomic E-state index is 0.0441. The maximum absolute atomic E-state index is 12.4. The Morgan fingerprint density at radius 2 is 1.97 bits per heavy atom. The molecule has 1 fully saturated rings. The van der Waals surface area contributed by atoms with E-state index >= 15 is 0 Å². The molecule has 1 aliphatic rings. The number of urea groups is 1. The number of thioether (sulfide) groups is 1. The molecule has 1 aliphatic heterocycles. The maximum Gasteiger partial charge on any atom is 0.344 e. The van der Waals surface area contributed by atoms with E-state index < -0.39 is 23.4 Å². The molecule has 162 valence electrons. The number of nitrogens with one attached hydrogen (secondary N) is 2. The molecule has 2 aromatic rings. The molecule has 0 spiro atoms. The van der Waals surface area contributed by atoms with Crippen LogP contribution in [0.3, 0.4) is 0 Å². The predicted octanol–water partition coefficient (Wildman–Crippen LogP) is 1.93. The van der Waals surface area contributed by atoms with Crippen LogP contribution in [-0.4, -0.2) is 53.7 Å². The number of carbonyl (C=O) groups is 3. The molecule has 1 unspecified atom stereocenters. The highest BCUT2D eigenvalue weighted by Crippen LogP contribution is 2.21. The molecule has 0 aromatic carbocycles. The van der Waals surface area contributed by atoms with Crippen molar-refractivity contribution < 1.29 is 14.4 Å². The van der Waals surface area contributed by atoms with E-state index in [1.807, 2.05) is 13.8 Å². The van der Waals surface area contributed by atoms with Gasteiger partial charge in [-0.25, -0.2) is 14.3 Å². The van der Waals surface area contributed by atoms with Crippen LogP contribution in [0.1, 0.15) is 57.0 Å². The van der Waals surface area contributed by atoms with Gasteiger partial charge in [0.2, 0.25) is 11.1 Å². The monoisotopic (exact) mass is 433 g/mol. The Kier molecular flexibility index (Phi) is 6.30. The first-order chi connectivity index (χ1) is 14.2. The Bertz CT molecular complexity index is 1010. The Labute approximate surface area is 179 Å². The largest absolute Gasteiger partial charge is 0.344 e. The number of hydrazine groups is 1. The quantitative estimate of drug-likeness (QED) is 0.482. The van der Waals surface area contributed by atoms with Crippen molar-refractivity contribution >= 4 is 35.4 Å². The number of hydrogen-bond acceptors (Lipinski definition) is 7. The SMILES string of the molecule is CCCCc1c(C)nc2nc(SCC(=O)NN3C(=O)NC(C)(CC)C3=O)nn2c1C. The number of aryl methyl sites for hydroxylation is 2. The van der Waals surface area contributed by atoms with Crippen molar-refractivity contribution in [2.45, 2.75) is 71.0 Å². The molecular weight excluding hydrogens is 406 g/mol. The molecule has 2 N–H and O–H groups in total. The van der Waals surface area contributed by atoms with Gasteiger partial charge in [-0.15, -0.1) is 5.10 Å². The van der Waals surface area contributed by atoms with Gasteiger partial charge in [0.25, 0.3) is 11.7 Å². The van der Waals surface area contributed by atoms with Crippen molar-refractivity contribution in [2.75, 3.05) is 5.75 Å². The summed E-state index contributed by atoms with van der Waals surface area (Å²) in [5.74, 6) is -0.528. The van der Waals surface area contributed by atoms with Crippen LogP contribution in [0.25, 0.3) is 5.78 Å². The summed E-state index contributed by atoms with van der Waals surface area (Å²) in [5, 5.41) is 8.19. The van der Waals surface area contributed by atoms with Crippen LogP contribution >= 0.6 is 11.8 Å². The Morgan fingerprint density at radius 1 is 1.23 bits per heavy atom. The molecule has 0 aliphatic carbocycles. The first-order valence-electron chi connectivity index (χ1n) is 10.0. The molecule has 10 nitrogen and oxygen atoms in total. The van der Waals surface area contributed by atoms with Gasteiger partial charge in [0.1, 0.15) is 5.54 Å². The maximum atomic E-state index is 12.4. The lowest BCUT2D eigenvalue weighted by Crippen LogP contribution is -2.49. The molecule has 1 saturated heterocycles. The van der Waals surface area contributed by atoms with Crippen molar-refractivity contribution in [1.29, 1.82) is 0 Å². The number of unbranched alkanes of at least 4 members (excludes halogenated alkanes) is 1. The third kappa shape index (κ3) is 4.11. The van der Waals surface area contributed by atoms with Crippen LogP contribution < -0.4 is 10.7 Å². The molecular formula is C19H27N7O3S. The number of imide groups is 1. The second-order valence-corrected chi connectivity index (χ2v) is 8.49. The standard InChI is InChI=1S/C19H27N7O3S/c1-6-8-9-13-11(3)20-16-21-17(24-25(16)12(13)4)30-10-14(27)23-26-15(28)19(5,7-2)22-18(26)29/h6-10H2,1-5H3,(H,22,29)(H,23,27). The predicted molar refractivity (Wildman–Crippen MR) is 112 cm³/mol. The fraction of sp³-hybridized carbons (Fsp3) is 0.579. The second-order valence-electron chi connectivity index (χ2n) is 7.55. The van der Waals surface area contributed by atoms with Crippen LogP contribution in [0, 0.1) is 13.8 Å². The van der Waals surface area contributed by atoms with E-state index in [2.05, 4.69) is 32.7 Å². The van der Waals surface area contributed by atoms with Crippen molar-refractivity contribution in [2.24, 2.45) is 0 Å². The molecule has 4 amide bonds. The summed E-state index contributed by atoms with van der Waals surface area (Å²) in [4.78, 5) is 45.6. The van der Waals surface area contributed by atoms with Crippen LogP contribution in [-0.2, 0) is 16.0 Å². The average molecular weight is 434 g/mol. The average Bonchev–Trinajstić information content (AvgIpc) is 3.20. The van der Waals surface area contributed by atoms with Crippen LogP contribution in [0.2, 0.25) is 0 Å². The number of amides is 4. The minimum Gasteiger partial charge on any atom is -0.322 e.